The van der Waals surface area contributed by atoms with Gasteiger partial charge in [-0.3, -0.25) is 73.5 Å². The molecule has 24 rings (SSSR count). The number of ketones is 3. The second kappa shape index (κ2) is 44.2. The van der Waals surface area contributed by atoms with Crippen LogP contribution in [0.4, 0.5) is 4.79 Å². The highest BCUT2D eigenvalue weighted by Gasteiger charge is 2.67. The molecule has 33 nitrogen and oxygen atoms in total. The summed E-state index contributed by atoms with van der Waals surface area (Å²) in [5.74, 6) is -4.11. The molecular weight excluding hydrogens is 1820 g/mol. The smallest absolute Gasteiger partial charge is 0.408 e. The van der Waals surface area contributed by atoms with E-state index in [0.717, 1.165) is 122 Å². The fourth-order valence-electron chi connectivity index (χ4n) is 24.6. The number of rotatable bonds is 32. The van der Waals surface area contributed by atoms with Crippen LogP contribution in [0.5, 0.6) is 17.2 Å². The van der Waals surface area contributed by atoms with Crippen LogP contribution in [0, 0.1) is 151 Å². The number of alkyl carbamates (subject to hydrolysis) is 1. The molecule has 20 aliphatic rings. The summed E-state index contributed by atoms with van der Waals surface area (Å²) >= 11 is 0. The lowest BCUT2D eigenvalue weighted by molar-refractivity contribution is -0.141. The van der Waals surface area contributed by atoms with Crippen molar-refractivity contribution in [3.63, 3.8) is 0 Å². The molecule has 3 aliphatic heterocycles. The number of carboxylic acids is 3. The van der Waals surface area contributed by atoms with E-state index in [-0.39, 0.29) is 159 Å². The Balaban J connectivity index is 0.000000142. The van der Waals surface area contributed by atoms with Gasteiger partial charge in [-0.1, -0.05) is 146 Å². The number of carboxylic acid groups (broad SMARTS) is 3. The number of carbonyl (C=O) groups excluding carboxylic acids is 12. The number of carbonyl (C=O) groups is 15. The number of aliphatic carboxylic acids is 3. The SMILES string of the molecule is C.C.COc1cccc2c1C=C(C(=O)N[C@@H](CC1CC1)C(=O)C[C@@]1(C#N)C[C@@H]3CC[C@H]1[C@@H]1C(=O)NC(=O)[C@H]31)C2.COc1cccc2c1C=C(C(=O)N[C@@H](CC1CC1)C(=O)C[C@@]1(C#N)C[C@H]3CC[C@@H]1[C@H]1C(=O)NC(=O)[C@@H]31)C2.COc1cccc2c1C=C(C(=O)O)C2.N#CC1(CC(=O)[C@@H](N)CC2CC2)C[C@H]2CC[C@@H]1[C@H]1C(=O)NC(=O)[C@@H]21.N[C@@H](CC1CC1)C(=O)O.O=C(N[C@@H](CC1CC1)C(=O)O)OCc1ccccc1. The van der Waals surface area contributed by atoms with E-state index in [1.54, 1.807) is 27.4 Å². The number of imide groups is 3. The Morgan fingerprint density at radius 1 is 0.394 bits per heavy atom. The summed E-state index contributed by atoms with van der Waals surface area (Å²) in [5.41, 5.74) is 16.7. The van der Waals surface area contributed by atoms with Gasteiger partial charge in [-0.2, -0.15) is 15.8 Å². The lowest BCUT2D eigenvalue weighted by atomic mass is 9.48. The summed E-state index contributed by atoms with van der Waals surface area (Å²) in [4.78, 5) is 184. The minimum Gasteiger partial charge on any atom is -0.496 e. The van der Waals surface area contributed by atoms with Gasteiger partial charge in [0.2, 0.25) is 47.3 Å². The van der Waals surface area contributed by atoms with Gasteiger partial charge >= 0.3 is 24.0 Å². The maximum atomic E-state index is 13.7. The van der Waals surface area contributed by atoms with Gasteiger partial charge in [0.15, 0.2) is 17.3 Å². The minimum atomic E-state index is -1.01. The number of nitriles is 3. The fourth-order valence-corrected chi connectivity index (χ4v) is 24.6. The van der Waals surface area contributed by atoms with E-state index in [1.165, 1.54) is 12.8 Å². The van der Waals surface area contributed by atoms with Crippen LogP contribution in [-0.4, -0.2) is 155 Å². The summed E-state index contributed by atoms with van der Waals surface area (Å²) in [6, 6.07) is 30.2. The summed E-state index contributed by atoms with van der Waals surface area (Å²) in [6.07, 6.45) is 26.0. The highest BCUT2D eigenvalue weighted by atomic mass is 16.5. The maximum absolute atomic E-state index is 13.7. The van der Waals surface area contributed by atoms with Gasteiger partial charge in [-0.15, -0.1) is 0 Å². The Morgan fingerprint density at radius 3 is 1.05 bits per heavy atom. The largest absolute Gasteiger partial charge is 0.496 e. The zero-order chi connectivity index (χ0) is 99.5. The minimum absolute atomic E-state index is 0. The van der Waals surface area contributed by atoms with E-state index in [4.69, 9.17) is 45.7 Å². The van der Waals surface area contributed by atoms with Crippen LogP contribution in [0.1, 0.15) is 227 Å². The van der Waals surface area contributed by atoms with Crippen LogP contribution in [0.3, 0.4) is 0 Å². The van der Waals surface area contributed by atoms with Crippen LogP contribution < -0.4 is 57.6 Å². The van der Waals surface area contributed by atoms with Gasteiger partial charge in [0, 0.05) is 71.9 Å². The molecule has 20 atom stereocenters. The first kappa shape index (κ1) is 105. The molecule has 14 saturated carbocycles. The monoisotopic (exact) mass is 1950 g/mol. The van der Waals surface area contributed by atoms with E-state index in [2.05, 4.69) is 50.1 Å². The van der Waals surface area contributed by atoms with Crippen molar-refractivity contribution in [2.75, 3.05) is 21.3 Å². The number of Topliss-reactive ketones (excluding diaryl/α,β-unsaturated/α-hetero) is 3. The number of benzene rings is 4. The zero-order valence-electron chi connectivity index (χ0n) is 79.0. The molecular formula is C109H131N11O22. The van der Waals surface area contributed by atoms with Gasteiger partial charge in [-0.05, 0) is 214 Å². The van der Waals surface area contributed by atoms with Crippen molar-refractivity contribution in [2.24, 2.45) is 128 Å². The molecule has 17 aliphatic carbocycles. The number of nitrogens with one attached hydrogen (secondary N) is 6. The average molecular weight is 1950 g/mol. The van der Waals surface area contributed by atoms with Crippen LogP contribution >= 0.6 is 0 Å². The van der Waals surface area contributed by atoms with E-state index in [1.807, 2.05) is 97.1 Å². The third kappa shape index (κ3) is 23.1. The molecule has 3 heterocycles. The normalized spacial score (nSPS) is 28.5. The quantitative estimate of drug-likeness (QED) is 0.0202. The van der Waals surface area contributed by atoms with Crippen molar-refractivity contribution in [1.29, 1.82) is 15.8 Å². The molecule has 1 unspecified atom stereocenters. The molecule has 9 amide bonds. The summed E-state index contributed by atoms with van der Waals surface area (Å²) in [7, 11) is 4.78. The second-order valence-corrected chi connectivity index (χ2v) is 41.9. The van der Waals surface area contributed by atoms with Crippen molar-refractivity contribution < 1.29 is 106 Å². The number of methoxy groups -OCH3 is 3. The lowest BCUT2D eigenvalue weighted by Crippen LogP contribution is -2.54. The molecule has 13 N–H and O–H groups in total. The Morgan fingerprint density at radius 2 is 0.718 bits per heavy atom. The standard InChI is InChI=1S/2C29H31N3O5.C18H23N3O3.C14H17NO4.C11H10O3.C6H11NO2.2CH4/c2*1-37-23-4-2-3-16-10-18(11-19(16)23)26(34)31-21(9-15-5-6-15)22(33)13-29(14-30)12-17-7-8-20(29)25-24(17)27(35)32-28(25)36;19-8-18(7-13(22)12(20)5-9-1-2-9)6-10-3-4-11(18)15-14(10)16(23)21-17(15)24;16-13(17)12(8-10-6-7-10)15-14(18)19-9-11-4-2-1-3-5-11;1-14-10-4-2-3-7-5-8(11(12)13)6-9(7)10;7-5(6(8)9)3-4-1-2-4;;/h2*2-4,11,15,17,20-21,24-25H,5-10,12-13H2,1H3,(H,31,34)(H,32,35,36);9-12,14-15H,1-7,20H2,(H,21,23,24);1-5,10,12H,6-9H2,(H,15,18)(H,16,17);2-4,6H,5H2,1H3,(H,12,13);4-5H,1-3,7H2,(H,8,9);2*1H4/t17-,20-,21+,24+,25-,29-;17-,20-,21-,24+,25-,29+;10-,11-,12+,14+,15-,18?;12-;;5-;;/m1010.0../s1. The Kier molecular flexibility index (Phi) is 32.6. The third-order valence-corrected chi connectivity index (χ3v) is 32.6. The Bertz CT molecular complexity index is 5650. The highest BCUT2D eigenvalue weighted by Crippen LogP contribution is 2.64. The molecule has 4 aromatic carbocycles. The molecule has 0 radical (unpaired) electrons. The number of nitrogens with two attached hydrogens (primary N) is 2. The van der Waals surface area contributed by atoms with Gasteiger partial charge in [0.05, 0.1) is 109 Å². The Labute approximate surface area is 826 Å². The van der Waals surface area contributed by atoms with Crippen LogP contribution in [0.25, 0.3) is 18.2 Å². The van der Waals surface area contributed by atoms with Crippen molar-refractivity contribution in [2.45, 2.75) is 244 Å². The van der Waals surface area contributed by atoms with Crippen molar-refractivity contribution >= 4 is 107 Å². The molecule has 17 fully saturated rings. The van der Waals surface area contributed by atoms with Crippen molar-refractivity contribution in [3.05, 3.63) is 141 Å². The van der Waals surface area contributed by atoms with Gasteiger partial charge in [-0.25, -0.2) is 14.4 Å². The first-order chi connectivity index (χ1) is 67.2. The van der Waals surface area contributed by atoms with E-state index in [9.17, 15) is 87.7 Å². The molecule has 0 aromatic heterocycles. The summed E-state index contributed by atoms with van der Waals surface area (Å²) in [5, 5.41) is 72.5. The molecule has 142 heavy (non-hydrogen) atoms. The predicted octanol–water partition coefficient (Wildman–Crippen LogP) is 11.7. The highest BCUT2D eigenvalue weighted by molar-refractivity contribution is 6.09. The number of hydrogen-bond donors (Lipinski definition) is 11. The molecule has 4 aromatic rings. The number of ether oxygens (including phenoxy) is 4. The van der Waals surface area contributed by atoms with Crippen LogP contribution in [0.15, 0.2) is 102 Å². The van der Waals surface area contributed by atoms with Gasteiger partial charge in [0.1, 0.15) is 35.9 Å². The molecule has 0 spiro atoms. The number of nitrogens with zero attached hydrogens (tertiary/aromatic N) is 3. The molecule has 3 saturated heterocycles. The number of amides is 9. The average Bonchev–Trinajstić information content (AvgIpc) is 1.55. The first-order valence-corrected chi connectivity index (χ1v) is 49.4. The van der Waals surface area contributed by atoms with E-state index >= 15 is 0 Å². The predicted molar refractivity (Wildman–Crippen MR) is 516 cm³/mol. The zero-order valence-corrected chi connectivity index (χ0v) is 79.0. The lowest BCUT2D eigenvalue weighted by Gasteiger charge is -2.52. The molecule has 754 valence electrons. The first-order valence-electron chi connectivity index (χ1n) is 49.4. The van der Waals surface area contributed by atoms with Crippen LogP contribution in [-0.2, 0) is 97.7 Å². The second-order valence-electron chi connectivity index (χ2n) is 41.9. The van der Waals surface area contributed by atoms with E-state index in [0.29, 0.717) is 141 Å². The van der Waals surface area contributed by atoms with Gasteiger partial charge in [0.25, 0.3) is 0 Å². The van der Waals surface area contributed by atoms with Crippen molar-refractivity contribution in [3.8, 4) is 35.5 Å². The van der Waals surface area contributed by atoms with E-state index < -0.39 is 88.2 Å². The third-order valence-electron chi connectivity index (χ3n) is 32.6. The molecule has 33 heteroatoms. The van der Waals surface area contributed by atoms with Crippen LogP contribution in [0.2, 0.25) is 0 Å². The van der Waals surface area contributed by atoms with Gasteiger partial charge < -0.3 is 61.7 Å². The summed E-state index contributed by atoms with van der Waals surface area (Å²) in [6.45, 7) is 0.141. The summed E-state index contributed by atoms with van der Waals surface area (Å²) < 4.78 is 21.0. The maximum Gasteiger partial charge on any atom is 0.408 e. The topological polar surface area (TPSA) is 549 Å². The van der Waals surface area contributed by atoms with Crippen molar-refractivity contribution in [1.82, 2.24) is 31.9 Å². The fraction of sp³-hybridized carbons (Fsp3) is 0.560. The molecule has 6 bridgehead atoms. The Hall–Kier alpha value is -13.1. The number of fused-ring (bicyclic) bond motifs is 9. The number of hydrogen-bond acceptors (Lipinski definition) is 24.